The van der Waals surface area contributed by atoms with Gasteiger partial charge in [0.2, 0.25) is 0 Å². The van der Waals surface area contributed by atoms with Gasteiger partial charge in [-0.2, -0.15) is 0 Å². The van der Waals surface area contributed by atoms with Gasteiger partial charge in [0.15, 0.2) is 0 Å². The van der Waals surface area contributed by atoms with Crippen LogP contribution in [0, 0.1) is 0 Å². The van der Waals surface area contributed by atoms with Gasteiger partial charge in [-0.3, -0.25) is 0 Å². The van der Waals surface area contributed by atoms with Crippen molar-refractivity contribution in [1.82, 2.24) is 5.32 Å². The van der Waals surface area contributed by atoms with E-state index in [1.807, 2.05) is 12.1 Å². The van der Waals surface area contributed by atoms with Crippen LogP contribution in [0.2, 0.25) is 0 Å². The number of ether oxygens (including phenoxy) is 2. The van der Waals surface area contributed by atoms with Crippen molar-refractivity contribution in [2.45, 2.75) is 25.8 Å². The zero-order chi connectivity index (χ0) is 13.9. The molecule has 0 radical (unpaired) electrons. The summed E-state index contributed by atoms with van der Waals surface area (Å²) in [5.41, 5.74) is 1.32. The molecule has 4 heteroatoms. The normalized spacial score (nSPS) is 12.4. The summed E-state index contributed by atoms with van der Waals surface area (Å²) in [6, 6.07) is 8.66. The van der Waals surface area contributed by atoms with Crippen molar-refractivity contribution >= 4 is 0 Å². The minimum atomic E-state index is 0.0903. The molecule has 0 aliphatic carbocycles. The SMILES string of the molecule is COc1ccc(CCC(C)NCCOCCO)cc1. The number of aliphatic hydroxyl groups excluding tert-OH is 1. The highest BCUT2D eigenvalue weighted by molar-refractivity contribution is 5.27. The molecule has 0 heterocycles. The molecule has 19 heavy (non-hydrogen) atoms. The minimum Gasteiger partial charge on any atom is -0.497 e. The smallest absolute Gasteiger partial charge is 0.118 e. The summed E-state index contributed by atoms with van der Waals surface area (Å²) in [6.07, 6.45) is 2.14. The van der Waals surface area contributed by atoms with E-state index in [0.29, 0.717) is 19.3 Å². The summed E-state index contributed by atoms with van der Waals surface area (Å²) in [7, 11) is 1.68. The van der Waals surface area contributed by atoms with Crippen LogP contribution < -0.4 is 10.1 Å². The fraction of sp³-hybridized carbons (Fsp3) is 0.600. The summed E-state index contributed by atoms with van der Waals surface area (Å²) < 4.78 is 10.3. The van der Waals surface area contributed by atoms with Gasteiger partial charge >= 0.3 is 0 Å². The molecule has 0 aromatic heterocycles. The third-order valence-corrected chi connectivity index (χ3v) is 3.00. The lowest BCUT2D eigenvalue weighted by atomic mass is 10.1. The molecule has 4 nitrogen and oxygen atoms in total. The number of benzene rings is 1. The second kappa shape index (κ2) is 9.78. The maximum atomic E-state index is 8.57. The van der Waals surface area contributed by atoms with Gasteiger partial charge in [0.25, 0.3) is 0 Å². The number of rotatable bonds is 10. The average molecular weight is 267 g/mol. The first-order valence-corrected chi connectivity index (χ1v) is 6.81. The van der Waals surface area contributed by atoms with E-state index in [1.54, 1.807) is 7.11 Å². The minimum absolute atomic E-state index is 0.0903. The molecule has 0 spiro atoms. The molecular weight excluding hydrogens is 242 g/mol. The average Bonchev–Trinajstić information content (AvgIpc) is 2.45. The molecule has 1 atom stereocenters. The van der Waals surface area contributed by atoms with E-state index < -0.39 is 0 Å². The van der Waals surface area contributed by atoms with Crippen molar-refractivity contribution < 1.29 is 14.6 Å². The third-order valence-electron chi connectivity index (χ3n) is 3.00. The fourth-order valence-electron chi connectivity index (χ4n) is 1.82. The molecule has 0 bridgehead atoms. The van der Waals surface area contributed by atoms with Crippen LogP contribution in [0.4, 0.5) is 0 Å². The lowest BCUT2D eigenvalue weighted by Crippen LogP contribution is -2.30. The highest BCUT2D eigenvalue weighted by Gasteiger charge is 2.02. The van der Waals surface area contributed by atoms with Crippen LogP contribution in [0.25, 0.3) is 0 Å². The van der Waals surface area contributed by atoms with Crippen LogP contribution in [-0.4, -0.2) is 44.6 Å². The van der Waals surface area contributed by atoms with Crippen LogP contribution in [0.1, 0.15) is 18.9 Å². The van der Waals surface area contributed by atoms with E-state index in [-0.39, 0.29) is 6.61 Å². The Hall–Kier alpha value is -1.10. The van der Waals surface area contributed by atoms with Crippen molar-refractivity contribution in [3.63, 3.8) is 0 Å². The molecule has 1 aromatic carbocycles. The largest absolute Gasteiger partial charge is 0.497 e. The van der Waals surface area contributed by atoms with E-state index >= 15 is 0 Å². The quantitative estimate of drug-likeness (QED) is 0.632. The second-order valence-electron chi connectivity index (χ2n) is 4.58. The molecule has 0 aliphatic heterocycles. The molecular formula is C15H25NO3. The summed E-state index contributed by atoms with van der Waals surface area (Å²) in [5.74, 6) is 0.899. The predicted molar refractivity (Wildman–Crippen MR) is 76.7 cm³/mol. The third kappa shape index (κ3) is 7.15. The maximum absolute atomic E-state index is 8.57. The Balaban J connectivity index is 2.13. The Labute approximate surface area is 115 Å². The van der Waals surface area contributed by atoms with Crippen LogP contribution >= 0.6 is 0 Å². The van der Waals surface area contributed by atoms with Gasteiger partial charge in [-0.05, 0) is 37.5 Å². The highest BCUT2D eigenvalue weighted by Crippen LogP contribution is 2.13. The fourth-order valence-corrected chi connectivity index (χ4v) is 1.82. The van der Waals surface area contributed by atoms with Crippen molar-refractivity contribution in [2.75, 3.05) is 33.5 Å². The zero-order valence-corrected chi connectivity index (χ0v) is 11.9. The number of aliphatic hydroxyl groups is 1. The molecule has 1 unspecified atom stereocenters. The van der Waals surface area contributed by atoms with Crippen LogP contribution in [0.15, 0.2) is 24.3 Å². The summed E-state index contributed by atoms with van der Waals surface area (Å²) in [5, 5.41) is 12.0. The van der Waals surface area contributed by atoms with Gasteiger partial charge in [0.05, 0.1) is 26.9 Å². The van der Waals surface area contributed by atoms with Crippen molar-refractivity contribution in [3.05, 3.63) is 29.8 Å². The number of aryl methyl sites for hydroxylation is 1. The zero-order valence-electron chi connectivity index (χ0n) is 11.9. The van der Waals surface area contributed by atoms with Gasteiger partial charge in [-0.1, -0.05) is 12.1 Å². The second-order valence-corrected chi connectivity index (χ2v) is 4.58. The van der Waals surface area contributed by atoms with Crippen LogP contribution in [0.5, 0.6) is 5.75 Å². The molecule has 0 amide bonds. The summed E-state index contributed by atoms with van der Waals surface area (Å²) in [4.78, 5) is 0. The monoisotopic (exact) mass is 267 g/mol. The lowest BCUT2D eigenvalue weighted by molar-refractivity contribution is 0.0927. The predicted octanol–water partition coefficient (Wildman–Crippen LogP) is 1.61. The molecule has 108 valence electrons. The van der Waals surface area contributed by atoms with Gasteiger partial charge in [-0.25, -0.2) is 0 Å². The van der Waals surface area contributed by atoms with Crippen molar-refractivity contribution in [2.24, 2.45) is 0 Å². The van der Waals surface area contributed by atoms with Crippen LogP contribution in [-0.2, 0) is 11.2 Å². The van der Waals surface area contributed by atoms with E-state index in [9.17, 15) is 0 Å². The van der Waals surface area contributed by atoms with Crippen LogP contribution in [0.3, 0.4) is 0 Å². The Morgan fingerprint density at radius 1 is 1.21 bits per heavy atom. The van der Waals surface area contributed by atoms with E-state index in [4.69, 9.17) is 14.6 Å². The standard InChI is InChI=1S/C15H25NO3/c1-13(16-9-11-19-12-10-17)3-4-14-5-7-15(18-2)8-6-14/h5-8,13,16-17H,3-4,9-12H2,1-2H3. The number of hydrogen-bond acceptors (Lipinski definition) is 4. The molecule has 1 aromatic rings. The number of methoxy groups -OCH3 is 1. The molecule has 0 saturated heterocycles. The number of hydrogen-bond donors (Lipinski definition) is 2. The summed E-state index contributed by atoms with van der Waals surface area (Å²) >= 11 is 0. The molecule has 2 N–H and O–H groups in total. The molecule has 0 saturated carbocycles. The van der Waals surface area contributed by atoms with Gasteiger partial charge in [0, 0.05) is 12.6 Å². The van der Waals surface area contributed by atoms with Gasteiger partial charge in [0.1, 0.15) is 5.75 Å². The number of nitrogens with one attached hydrogen (secondary N) is 1. The molecule has 0 fully saturated rings. The first-order chi connectivity index (χ1) is 9.26. The van der Waals surface area contributed by atoms with E-state index in [0.717, 1.165) is 25.1 Å². The summed E-state index contributed by atoms with van der Waals surface area (Å²) in [6.45, 7) is 4.15. The topological polar surface area (TPSA) is 50.7 Å². The van der Waals surface area contributed by atoms with E-state index in [2.05, 4.69) is 24.4 Å². The van der Waals surface area contributed by atoms with E-state index in [1.165, 1.54) is 5.56 Å². The van der Waals surface area contributed by atoms with Crippen molar-refractivity contribution in [1.29, 1.82) is 0 Å². The Morgan fingerprint density at radius 2 is 1.95 bits per heavy atom. The maximum Gasteiger partial charge on any atom is 0.118 e. The van der Waals surface area contributed by atoms with Gasteiger partial charge in [-0.15, -0.1) is 0 Å². The van der Waals surface area contributed by atoms with Gasteiger partial charge < -0.3 is 19.9 Å². The molecule has 0 aliphatic rings. The highest BCUT2D eigenvalue weighted by atomic mass is 16.5. The molecule has 1 rings (SSSR count). The van der Waals surface area contributed by atoms with Crippen molar-refractivity contribution in [3.8, 4) is 5.75 Å². The Kier molecular flexibility index (Phi) is 8.21. The lowest BCUT2D eigenvalue weighted by Gasteiger charge is -2.13. The Morgan fingerprint density at radius 3 is 2.58 bits per heavy atom. The first kappa shape index (κ1) is 16.0. The Bertz CT molecular complexity index is 327. The first-order valence-electron chi connectivity index (χ1n) is 6.81.